The number of nitrogens with zero attached hydrogens (tertiary/aromatic N) is 2. The summed E-state index contributed by atoms with van der Waals surface area (Å²) in [6, 6.07) is 13.1. The van der Waals surface area contributed by atoms with Gasteiger partial charge in [0.25, 0.3) is 5.91 Å². The van der Waals surface area contributed by atoms with Gasteiger partial charge in [0.05, 0.1) is 17.9 Å². The molecule has 0 saturated carbocycles. The van der Waals surface area contributed by atoms with Crippen LogP contribution in [0.3, 0.4) is 0 Å². The van der Waals surface area contributed by atoms with E-state index in [0.717, 1.165) is 11.1 Å². The molecule has 138 valence electrons. The Kier molecular flexibility index (Phi) is 5.66. The van der Waals surface area contributed by atoms with Crippen molar-refractivity contribution in [1.29, 1.82) is 0 Å². The van der Waals surface area contributed by atoms with E-state index in [0.29, 0.717) is 23.5 Å². The number of aryl methyl sites for hydroxylation is 1. The summed E-state index contributed by atoms with van der Waals surface area (Å²) >= 11 is 0. The molecule has 3 aromatic rings. The molecule has 1 aromatic carbocycles. The molecule has 0 aliphatic rings. The predicted octanol–water partition coefficient (Wildman–Crippen LogP) is 3.67. The minimum atomic E-state index is -0.475. The summed E-state index contributed by atoms with van der Waals surface area (Å²) in [6.07, 6.45) is 4.84. The van der Waals surface area contributed by atoms with E-state index in [1.165, 1.54) is 6.20 Å². The number of hydrogen-bond donors (Lipinski definition) is 1. The van der Waals surface area contributed by atoms with E-state index >= 15 is 0 Å². The fourth-order valence-corrected chi connectivity index (χ4v) is 2.83. The highest BCUT2D eigenvalue weighted by Crippen LogP contribution is 2.21. The van der Waals surface area contributed by atoms with E-state index in [4.69, 9.17) is 4.74 Å². The Balaban J connectivity index is 1.90. The Morgan fingerprint density at radius 3 is 2.74 bits per heavy atom. The lowest BCUT2D eigenvalue weighted by Crippen LogP contribution is -2.18. The molecule has 1 amide bonds. The van der Waals surface area contributed by atoms with Crippen molar-refractivity contribution in [2.75, 3.05) is 11.9 Å². The molecule has 0 fully saturated rings. The fraction of sp³-hybridized carbons (Fsp3) is 0.190. The summed E-state index contributed by atoms with van der Waals surface area (Å²) in [6.45, 7) is 4.52. The van der Waals surface area contributed by atoms with Crippen LogP contribution in [0.4, 0.5) is 5.69 Å². The second-order valence-electron chi connectivity index (χ2n) is 6.11. The number of aromatic nitrogens is 2. The summed E-state index contributed by atoms with van der Waals surface area (Å²) < 4.78 is 6.98. The smallest absolute Gasteiger partial charge is 0.357 e. The van der Waals surface area contributed by atoms with Crippen molar-refractivity contribution >= 4 is 17.6 Å². The molecule has 0 unspecified atom stereocenters. The average Bonchev–Trinajstić information content (AvgIpc) is 3.04. The second-order valence-corrected chi connectivity index (χ2v) is 6.11. The number of rotatable bonds is 6. The highest BCUT2D eigenvalue weighted by Gasteiger charge is 2.20. The van der Waals surface area contributed by atoms with E-state index < -0.39 is 5.97 Å². The summed E-state index contributed by atoms with van der Waals surface area (Å²) in [5, 5.41) is 2.78. The highest BCUT2D eigenvalue weighted by molar-refractivity contribution is 6.07. The molecule has 27 heavy (non-hydrogen) atoms. The van der Waals surface area contributed by atoms with Crippen molar-refractivity contribution in [3.8, 4) is 0 Å². The molecule has 0 atom stereocenters. The summed E-state index contributed by atoms with van der Waals surface area (Å²) in [4.78, 5) is 28.9. The first-order valence-electron chi connectivity index (χ1n) is 8.71. The number of hydrogen-bond acceptors (Lipinski definition) is 4. The van der Waals surface area contributed by atoms with Crippen molar-refractivity contribution in [2.45, 2.75) is 20.4 Å². The number of nitrogens with one attached hydrogen (secondary N) is 1. The van der Waals surface area contributed by atoms with E-state index in [1.807, 2.05) is 25.1 Å². The van der Waals surface area contributed by atoms with Crippen LogP contribution in [-0.2, 0) is 11.3 Å². The lowest BCUT2D eigenvalue weighted by molar-refractivity contribution is 0.0516. The Morgan fingerprint density at radius 1 is 1.19 bits per heavy atom. The van der Waals surface area contributed by atoms with Crippen LogP contribution < -0.4 is 5.32 Å². The molecular formula is C21H21N3O3. The van der Waals surface area contributed by atoms with Gasteiger partial charge in [0.15, 0.2) is 5.69 Å². The lowest BCUT2D eigenvalue weighted by Gasteiger charge is -2.12. The zero-order valence-electron chi connectivity index (χ0n) is 15.3. The summed E-state index contributed by atoms with van der Waals surface area (Å²) in [7, 11) is 0. The standard InChI is InChI=1S/C21H21N3O3/c1-3-27-21(26)19-18(23-20(25)17-8-5-10-22-13-17)9-11-24(19)14-16-7-4-6-15(2)12-16/h4-13H,3,14H2,1-2H3,(H,23,25). The van der Waals surface area contributed by atoms with Gasteiger partial charge < -0.3 is 14.6 Å². The molecule has 2 aromatic heterocycles. The number of pyridine rings is 1. The maximum Gasteiger partial charge on any atom is 0.357 e. The zero-order chi connectivity index (χ0) is 19.2. The molecular weight excluding hydrogens is 342 g/mol. The van der Waals surface area contributed by atoms with E-state index in [9.17, 15) is 9.59 Å². The van der Waals surface area contributed by atoms with E-state index in [2.05, 4.69) is 16.4 Å². The Hall–Kier alpha value is -3.41. The maximum atomic E-state index is 12.5. The SMILES string of the molecule is CCOC(=O)c1c(NC(=O)c2cccnc2)ccn1Cc1cccc(C)c1. The number of benzene rings is 1. The predicted molar refractivity (Wildman–Crippen MR) is 103 cm³/mol. The molecule has 0 aliphatic heterocycles. The maximum absolute atomic E-state index is 12.5. The van der Waals surface area contributed by atoms with E-state index in [-0.39, 0.29) is 12.5 Å². The number of carbonyl (C=O) groups excluding carboxylic acids is 2. The molecule has 0 saturated heterocycles. The van der Waals surface area contributed by atoms with Crippen molar-refractivity contribution < 1.29 is 14.3 Å². The molecule has 6 heteroatoms. The van der Waals surface area contributed by atoms with Gasteiger partial charge in [0.1, 0.15) is 0 Å². The third-order valence-corrected chi connectivity index (χ3v) is 4.04. The van der Waals surface area contributed by atoms with Gasteiger partial charge in [0.2, 0.25) is 0 Å². The van der Waals surface area contributed by atoms with Gasteiger partial charge in [-0.1, -0.05) is 29.8 Å². The van der Waals surface area contributed by atoms with Gasteiger partial charge in [-0.15, -0.1) is 0 Å². The number of ether oxygens (including phenoxy) is 1. The Bertz CT molecular complexity index is 948. The first-order chi connectivity index (χ1) is 13.1. The van der Waals surface area contributed by atoms with Gasteiger partial charge in [-0.3, -0.25) is 9.78 Å². The highest BCUT2D eigenvalue weighted by atomic mass is 16.5. The van der Waals surface area contributed by atoms with Crippen LogP contribution >= 0.6 is 0 Å². The first-order valence-corrected chi connectivity index (χ1v) is 8.71. The lowest BCUT2D eigenvalue weighted by atomic mass is 10.1. The van der Waals surface area contributed by atoms with Crippen LogP contribution in [0.25, 0.3) is 0 Å². The number of carbonyl (C=O) groups is 2. The zero-order valence-corrected chi connectivity index (χ0v) is 15.3. The molecule has 0 radical (unpaired) electrons. The van der Waals surface area contributed by atoms with Crippen molar-refractivity contribution in [3.05, 3.63) is 83.4 Å². The first kappa shape index (κ1) is 18.4. The van der Waals surface area contributed by atoms with E-state index in [1.54, 1.807) is 42.1 Å². The minimum Gasteiger partial charge on any atom is -0.461 e. The number of amides is 1. The minimum absolute atomic E-state index is 0.254. The van der Waals surface area contributed by atoms with Gasteiger partial charge in [0, 0.05) is 25.1 Å². The number of esters is 1. The Labute approximate surface area is 157 Å². The fourth-order valence-electron chi connectivity index (χ4n) is 2.83. The molecule has 6 nitrogen and oxygen atoms in total. The molecule has 0 bridgehead atoms. The third-order valence-electron chi connectivity index (χ3n) is 4.04. The van der Waals surface area contributed by atoms with Crippen molar-refractivity contribution in [1.82, 2.24) is 9.55 Å². The molecule has 1 N–H and O–H groups in total. The van der Waals surface area contributed by atoms with Crippen LogP contribution in [0, 0.1) is 6.92 Å². The normalized spacial score (nSPS) is 10.4. The summed E-state index contributed by atoms with van der Waals surface area (Å²) in [5.74, 6) is -0.807. The van der Waals surface area contributed by atoms with Gasteiger partial charge in [-0.05, 0) is 37.6 Å². The number of anilines is 1. The molecule has 3 rings (SSSR count). The van der Waals surface area contributed by atoms with Crippen molar-refractivity contribution in [3.63, 3.8) is 0 Å². The van der Waals surface area contributed by atoms with Crippen LogP contribution in [0.15, 0.2) is 61.1 Å². The van der Waals surface area contributed by atoms with Gasteiger partial charge >= 0.3 is 5.97 Å². The average molecular weight is 363 g/mol. The third kappa shape index (κ3) is 4.41. The molecule has 0 aliphatic carbocycles. The second kappa shape index (κ2) is 8.31. The monoisotopic (exact) mass is 363 g/mol. The van der Waals surface area contributed by atoms with Crippen molar-refractivity contribution in [2.24, 2.45) is 0 Å². The quantitative estimate of drug-likeness (QED) is 0.678. The molecule has 2 heterocycles. The van der Waals surface area contributed by atoms with Crippen LogP contribution in [0.1, 0.15) is 38.9 Å². The Morgan fingerprint density at radius 2 is 2.04 bits per heavy atom. The van der Waals surface area contributed by atoms with Gasteiger partial charge in [-0.2, -0.15) is 0 Å². The van der Waals surface area contributed by atoms with Crippen LogP contribution in [-0.4, -0.2) is 28.0 Å². The topological polar surface area (TPSA) is 73.2 Å². The van der Waals surface area contributed by atoms with Gasteiger partial charge in [-0.25, -0.2) is 4.79 Å². The summed E-state index contributed by atoms with van der Waals surface area (Å²) in [5.41, 5.74) is 3.34. The van der Waals surface area contributed by atoms with Crippen LogP contribution in [0.5, 0.6) is 0 Å². The van der Waals surface area contributed by atoms with Crippen LogP contribution in [0.2, 0.25) is 0 Å². The molecule has 0 spiro atoms. The largest absolute Gasteiger partial charge is 0.461 e.